The third-order valence-corrected chi connectivity index (χ3v) is 4.90. The lowest BCUT2D eigenvalue weighted by Gasteiger charge is -2.29. The van der Waals surface area contributed by atoms with Crippen LogP contribution in [0.5, 0.6) is 5.75 Å². The van der Waals surface area contributed by atoms with Crippen LogP contribution in [0.25, 0.3) is 0 Å². The summed E-state index contributed by atoms with van der Waals surface area (Å²) in [6, 6.07) is 4.77. The minimum absolute atomic E-state index is 0.0203. The third-order valence-electron chi connectivity index (χ3n) is 4.90. The zero-order valence-corrected chi connectivity index (χ0v) is 16.8. The van der Waals surface area contributed by atoms with E-state index in [0.29, 0.717) is 23.8 Å². The number of halogens is 3. The fourth-order valence-electron chi connectivity index (χ4n) is 3.25. The van der Waals surface area contributed by atoms with Crippen LogP contribution in [0.15, 0.2) is 29.7 Å². The van der Waals surface area contributed by atoms with E-state index in [9.17, 15) is 27.8 Å². The van der Waals surface area contributed by atoms with E-state index >= 15 is 0 Å². The van der Waals surface area contributed by atoms with Crippen molar-refractivity contribution in [3.63, 3.8) is 0 Å². The molecule has 3 rings (SSSR count). The Morgan fingerprint density at radius 2 is 2.16 bits per heavy atom. The summed E-state index contributed by atoms with van der Waals surface area (Å²) in [6.45, 7) is 2.02. The summed E-state index contributed by atoms with van der Waals surface area (Å²) in [7, 11) is -1.47. The fourth-order valence-corrected chi connectivity index (χ4v) is 3.25. The third kappa shape index (κ3) is 6.06. The molecule has 1 aromatic carbocycles. The molecule has 1 amide bonds. The van der Waals surface area contributed by atoms with Gasteiger partial charge in [0.2, 0.25) is 5.91 Å². The van der Waals surface area contributed by atoms with Gasteiger partial charge >= 0.3 is 19.3 Å². The van der Waals surface area contributed by atoms with Gasteiger partial charge in [0.05, 0.1) is 11.6 Å². The number of esters is 1. The van der Waals surface area contributed by atoms with Gasteiger partial charge in [-0.15, -0.1) is 0 Å². The fraction of sp³-hybridized carbons (Fsp3) is 0.474. The lowest BCUT2D eigenvalue weighted by atomic mass is 9.72. The Labute approximate surface area is 176 Å². The number of ether oxygens (including phenoxy) is 2. The van der Waals surface area contributed by atoms with E-state index in [2.05, 4.69) is 10.6 Å². The first kappa shape index (κ1) is 22.8. The number of hydrogen-bond acceptors (Lipinski definition) is 7. The van der Waals surface area contributed by atoms with Gasteiger partial charge in [-0.05, 0) is 31.4 Å². The molecule has 0 unspecified atom stereocenters. The number of carbonyl (C=O) groups excluding carboxylic acids is 2. The van der Waals surface area contributed by atoms with Crippen molar-refractivity contribution in [3.8, 4) is 5.75 Å². The monoisotopic (exact) mass is 442 g/mol. The van der Waals surface area contributed by atoms with Crippen molar-refractivity contribution in [2.75, 3.05) is 13.3 Å². The Balaban J connectivity index is 1.60. The number of amides is 1. The van der Waals surface area contributed by atoms with Crippen LogP contribution in [0.4, 0.5) is 13.2 Å². The molecule has 2 aliphatic heterocycles. The molecular formula is C19H22BF3N2O6. The number of alkyl halides is 3. The van der Waals surface area contributed by atoms with Crippen LogP contribution in [0, 0.1) is 0 Å². The summed E-state index contributed by atoms with van der Waals surface area (Å²) >= 11 is 0. The number of fused-ring (bicyclic) bond motifs is 1. The highest BCUT2D eigenvalue weighted by Crippen LogP contribution is 2.31. The quantitative estimate of drug-likeness (QED) is 0.437. The van der Waals surface area contributed by atoms with Crippen LogP contribution >= 0.6 is 0 Å². The number of rotatable bonds is 7. The van der Waals surface area contributed by atoms with E-state index in [1.807, 2.05) is 0 Å². The SMILES string of the molecule is CC1=C(COC(=O)c2cccc3c2OB(O)[C@@H](NC(=O)CCCC(F)(F)F)C3)NCO1. The van der Waals surface area contributed by atoms with Gasteiger partial charge < -0.3 is 29.8 Å². The Bertz CT molecular complexity index is 877. The highest BCUT2D eigenvalue weighted by Gasteiger charge is 2.38. The second kappa shape index (κ2) is 9.50. The molecule has 168 valence electrons. The van der Waals surface area contributed by atoms with Gasteiger partial charge in [0.1, 0.15) is 23.7 Å². The molecule has 0 radical (unpaired) electrons. The summed E-state index contributed by atoms with van der Waals surface area (Å²) in [5, 5.41) is 15.7. The van der Waals surface area contributed by atoms with E-state index in [0.717, 1.165) is 0 Å². The smallest absolute Gasteiger partial charge is 0.534 e. The summed E-state index contributed by atoms with van der Waals surface area (Å²) in [4.78, 5) is 24.4. The van der Waals surface area contributed by atoms with E-state index in [1.54, 1.807) is 19.1 Å². The Kier molecular flexibility index (Phi) is 6.99. The Morgan fingerprint density at radius 3 is 2.84 bits per heavy atom. The van der Waals surface area contributed by atoms with Gasteiger partial charge in [0.25, 0.3) is 0 Å². The summed E-state index contributed by atoms with van der Waals surface area (Å²) < 4.78 is 52.6. The highest BCUT2D eigenvalue weighted by molar-refractivity contribution is 6.47. The van der Waals surface area contributed by atoms with Crippen molar-refractivity contribution in [1.82, 2.24) is 10.6 Å². The minimum Gasteiger partial charge on any atom is -0.534 e. The standard InChI is InChI=1S/C19H22BF3N2O6/c1-11-14(24-10-30-11)9-29-18(27)13-5-2-4-12-8-15(20(28)31-17(12)13)25-16(26)6-3-7-19(21,22)23/h2,4-5,15,24,28H,3,6-10H2,1H3,(H,25,26)/t15-/m0/s1. The molecule has 0 spiro atoms. The molecule has 12 heteroatoms. The molecule has 0 saturated heterocycles. The largest absolute Gasteiger partial charge is 0.547 e. The van der Waals surface area contributed by atoms with Crippen LogP contribution in [-0.4, -0.2) is 49.5 Å². The van der Waals surface area contributed by atoms with Gasteiger partial charge in [0.15, 0.2) is 6.73 Å². The number of nitrogens with one attached hydrogen (secondary N) is 2. The van der Waals surface area contributed by atoms with Crippen LogP contribution < -0.4 is 15.3 Å². The Hall–Kier alpha value is -2.89. The maximum Gasteiger partial charge on any atom is 0.547 e. The van der Waals surface area contributed by atoms with Crippen LogP contribution in [0.2, 0.25) is 0 Å². The molecule has 0 fully saturated rings. The predicted octanol–water partition coefficient (Wildman–Crippen LogP) is 1.82. The zero-order chi connectivity index (χ0) is 22.6. The molecule has 1 aromatic rings. The average molecular weight is 442 g/mol. The number of carbonyl (C=O) groups is 2. The summed E-state index contributed by atoms with van der Waals surface area (Å²) in [5.74, 6) is -1.37. The molecule has 0 aromatic heterocycles. The second-order valence-corrected chi connectivity index (χ2v) is 7.23. The van der Waals surface area contributed by atoms with Crippen molar-refractivity contribution >= 4 is 19.0 Å². The maximum absolute atomic E-state index is 12.5. The van der Waals surface area contributed by atoms with E-state index in [4.69, 9.17) is 14.1 Å². The van der Waals surface area contributed by atoms with E-state index in [-0.39, 0.29) is 37.2 Å². The highest BCUT2D eigenvalue weighted by atomic mass is 19.4. The molecule has 1 atom stereocenters. The van der Waals surface area contributed by atoms with Crippen molar-refractivity contribution in [2.45, 2.75) is 44.7 Å². The average Bonchev–Trinajstić information content (AvgIpc) is 3.10. The molecule has 0 bridgehead atoms. The van der Waals surface area contributed by atoms with Crippen molar-refractivity contribution in [3.05, 3.63) is 40.8 Å². The number of hydrogen-bond donors (Lipinski definition) is 3. The number of benzene rings is 1. The van der Waals surface area contributed by atoms with Gasteiger partial charge in [-0.3, -0.25) is 4.79 Å². The first-order valence-electron chi connectivity index (χ1n) is 9.70. The molecule has 2 heterocycles. The van der Waals surface area contributed by atoms with Gasteiger partial charge in [0, 0.05) is 12.8 Å². The molecule has 0 saturated carbocycles. The topological polar surface area (TPSA) is 106 Å². The lowest BCUT2D eigenvalue weighted by molar-refractivity contribution is -0.137. The first-order chi connectivity index (χ1) is 14.6. The number of para-hydroxylation sites is 1. The van der Waals surface area contributed by atoms with E-state index < -0.39 is 37.5 Å². The second-order valence-electron chi connectivity index (χ2n) is 7.23. The summed E-state index contributed by atoms with van der Waals surface area (Å²) in [6.07, 6.45) is -5.91. The van der Waals surface area contributed by atoms with Crippen molar-refractivity contribution in [2.24, 2.45) is 0 Å². The van der Waals surface area contributed by atoms with Crippen molar-refractivity contribution in [1.29, 1.82) is 0 Å². The summed E-state index contributed by atoms with van der Waals surface area (Å²) in [5.41, 5.74) is 1.31. The molecular weight excluding hydrogens is 420 g/mol. The van der Waals surface area contributed by atoms with Crippen LogP contribution in [-0.2, 0) is 20.7 Å². The molecule has 0 aliphatic carbocycles. The predicted molar refractivity (Wildman–Crippen MR) is 103 cm³/mol. The maximum atomic E-state index is 12.5. The van der Waals surface area contributed by atoms with Gasteiger partial charge in [-0.25, -0.2) is 4.79 Å². The minimum atomic E-state index is -4.33. The van der Waals surface area contributed by atoms with Crippen molar-refractivity contribution < 1.29 is 41.9 Å². The Morgan fingerprint density at radius 1 is 1.39 bits per heavy atom. The van der Waals surface area contributed by atoms with E-state index in [1.165, 1.54) is 6.07 Å². The zero-order valence-electron chi connectivity index (χ0n) is 16.8. The molecule has 8 nitrogen and oxygen atoms in total. The van der Waals surface area contributed by atoms with Crippen LogP contribution in [0.1, 0.15) is 42.1 Å². The molecule has 3 N–H and O–H groups in total. The first-order valence-corrected chi connectivity index (χ1v) is 9.70. The molecule has 2 aliphatic rings. The normalized spacial score (nSPS) is 18.0. The van der Waals surface area contributed by atoms with Crippen LogP contribution in [0.3, 0.4) is 0 Å². The lowest BCUT2D eigenvalue weighted by Crippen LogP contribution is -2.53. The van der Waals surface area contributed by atoms with Gasteiger partial charge in [-0.1, -0.05) is 12.1 Å². The molecule has 31 heavy (non-hydrogen) atoms. The van der Waals surface area contributed by atoms with Gasteiger partial charge in [-0.2, -0.15) is 13.2 Å². The number of allylic oxidation sites excluding steroid dienone is 1.